The number of benzene rings is 2. The van der Waals surface area contributed by atoms with Gasteiger partial charge in [0.15, 0.2) is 0 Å². The van der Waals surface area contributed by atoms with Crippen molar-refractivity contribution < 1.29 is 13.9 Å². The lowest BCUT2D eigenvalue weighted by Crippen LogP contribution is -2.35. The van der Waals surface area contributed by atoms with E-state index in [1.165, 1.54) is 17.0 Å². The van der Waals surface area contributed by atoms with Gasteiger partial charge in [-0.1, -0.05) is 12.1 Å². The number of ether oxygens (including phenoxy) is 1. The summed E-state index contributed by atoms with van der Waals surface area (Å²) in [5, 5.41) is 4.47. The highest BCUT2D eigenvalue weighted by atomic mass is 19.1. The zero-order valence-electron chi connectivity index (χ0n) is 21.1. The molecular formula is C29H31FN4O3. The lowest BCUT2D eigenvalue weighted by atomic mass is 10.0. The number of halogens is 1. The molecule has 0 radical (unpaired) electrons. The standard InChI is InChI=1S/C29H31FN4O3/c1-33(29(36)24-6-3-4-7-25(24)30)18-17-32-26(21-13-15-31-16-14-21)8-5-19-37-23-10-11-27-22(20-23)9-12-28(35)34(27)2/h3-4,6-7,9-16,20,26,32H,5,8,17-19H2,1-2H3. The molecule has 37 heavy (non-hydrogen) atoms. The molecule has 8 heteroatoms. The topological polar surface area (TPSA) is 76.5 Å². The Morgan fingerprint density at radius 1 is 1.11 bits per heavy atom. The van der Waals surface area contributed by atoms with Crippen LogP contribution in [0.3, 0.4) is 0 Å². The summed E-state index contributed by atoms with van der Waals surface area (Å²) in [6.45, 7) is 1.52. The average molecular weight is 503 g/mol. The summed E-state index contributed by atoms with van der Waals surface area (Å²) in [4.78, 5) is 30.0. The highest BCUT2D eigenvalue weighted by molar-refractivity contribution is 5.94. The van der Waals surface area contributed by atoms with Crippen molar-refractivity contribution in [3.8, 4) is 5.75 Å². The van der Waals surface area contributed by atoms with E-state index < -0.39 is 5.82 Å². The molecule has 4 aromatic rings. The Morgan fingerprint density at radius 3 is 2.68 bits per heavy atom. The number of carbonyl (C=O) groups is 1. The van der Waals surface area contributed by atoms with Crippen molar-refractivity contribution in [3.63, 3.8) is 0 Å². The van der Waals surface area contributed by atoms with Gasteiger partial charge in [-0.05, 0) is 66.9 Å². The summed E-state index contributed by atoms with van der Waals surface area (Å²) >= 11 is 0. The van der Waals surface area contributed by atoms with E-state index >= 15 is 0 Å². The molecule has 0 aliphatic rings. The molecule has 0 aliphatic heterocycles. The number of amides is 1. The highest BCUT2D eigenvalue weighted by Crippen LogP contribution is 2.21. The molecule has 1 N–H and O–H groups in total. The summed E-state index contributed by atoms with van der Waals surface area (Å²) in [5.41, 5.74) is 1.99. The number of likely N-dealkylation sites (N-methyl/N-ethyl adjacent to an activating group) is 1. The van der Waals surface area contributed by atoms with Crippen LogP contribution in [0.4, 0.5) is 4.39 Å². The summed E-state index contributed by atoms with van der Waals surface area (Å²) in [7, 11) is 3.43. The van der Waals surface area contributed by atoms with E-state index in [0.717, 1.165) is 35.1 Å². The second-order valence-electron chi connectivity index (χ2n) is 8.94. The molecule has 7 nitrogen and oxygen atoms in total. The van der Waals surface area contributed by atoms with Crippen molar-refractivity contribution in [1.82, 2.24) is 19.8 Å². The van der Waals surface area contributed by atoms with Gasteiger partial charge in [0, 0.05) is 57.1 Å². The average Bonchev–Trinajstić information content (AvgIpc) is 2.92. The summed E-state index contributed by atoms with van der Waals surface area (Å²) in [6, 6.07) is 19.1. The number of pyridine rings is 2. The van der Waals surface area contributed by atoms with Gasteiger partial charge in [-0.25, -0.2) is 4.39 Å². The Bertz CT molecular complexity index is 1410. The van der Waals surface area contributed by atoms with Crippen molar-refractivity contribution in [2.24, 2.45) is 7.05 Å². The van der Waals surface area contributed by atoms with Crippen LogP contribution in [0, 0.1) is 5.82 Å². The van der Waals surface area contributed by atoms with Crippen molar-refractivity contribution in [2.75, 3.05) is 26.7 Å². The van der Waals surface area contributed by atoms with E-state index in [2.05, 4.69) is 10.3 Å². The quantitative estimate of drug-likeness (QED) is 0.309. The Labute approximate surface area is 215 Å². The minimum absolute atomic E-state index is 0.0430. The number of rotatable bonds is 11. The molecule has 1 atom stereocenters. The normalized spacial score (nSPS) is 11.9. The second-order valence-corrected chi connectivity index (χ2v) is 8.94. The molecule has 0 bridgehead atoms. The summed E-state index contributed by atoms with van der Waals surface area (Å²) < 4.78 is 21.6. The molecule has 2 aromatic heterocycles. The summed E-state index contributed by atoms with van der Waals surface area (Å²) in [6.07, 6.45) is 5.14. The van der Waals surface area contributed by atoms with Crippen molar-refractivity contribution in [2.45, 2.75) is 18.9 Å². The van der Waals surface area contributed by atoms with E-state index in [-0.39, 0.29) is 23.1 Å². The Hall–Kier alpha value is -4.04. The highest BCUT2D eigenvalue weighted by Gasteiger charge is 2.16. The molecule has 0 aliphatic carbocycles. The molecule has 1 amide bonds. The molecule has 1 unspecified atom stereocenters. The van der Waals surface area contributed by atoms with Gasteiger partial charge >= 0.3 is 0 Å². The van der Waals surface area contributed by atoms with E-state index in [1.807, 2.05) is 36.4 Å². The van der Waals surface area contributed by atoms with Crippen LogP contribution < -0.4 is 15.6 Å². The van der Waals surface area contributed by atoms with Crippen molar-refractivity contribution in [3.05, 3.63) is 106 Å². The van der Waals surface area contributed by atoms with Gasteiger partial charge in [-0.15, -0.1) is 0 Å². The number of hydrogen-bond acceptors (Lipinski definition) is 5. The predicted octanol–water partition coefficient (Wildman–Crippen LogP) is 4.33. The lowest BCUT2D eigenvalue weighted by molar-refractivity contribution is 0.0790. The van der Waals surface area contributed by atoms with Gasteiger partial charge in [-0.2, -0.15) is 0 Å². The fourth-order valence-electron chi connectivity index (χ4n) is 4.26. The maximum absolute atomic E-state index is 14.0. The van der Waals surface area contributed by atoms with Crippen molar-refractivity contribution >= 4 is 16.8 Å². The molecule has 2 heterocycles. The summed E-state index contributed by atoms with van der Waals surface area (Å²) in [5.74, 6) is -0.102. The number of nitrogens with zero attached hydrogens (tertiary/aromatic N) is 3. The number of aryl methyl sites for hydroxylation is 1. The molecule has 2 aromatic carbocycles. The Balaban J connectivity index is 1.31. The number of aromatic nitrogens is 2. The molecule has 0 spiro atoms. The second kappa shape index (κ2) is 12.3. The Morgan fingerprint density at radius 2 is 1.89 bits per heavy atom. The number of hydrogen-bond donors (Lipinski definition) is 1. The van der Waals surface area contributed by atoms with E-state index in [4.69, 9.17) is 4.74 Å². The van der Waals surface area contributed by atoms with Gasteiger partial charge in [0.2, 0.25) is 0 Å². The number of carbonyl (C=O) groups excluding carboxylic acids is 1. The van der Waals surface area contributed by atoms with Crippen LogP contribution in [0.5, 0.6) is 5.75 Å². The zero-order valence-corrected chi connectivity index (χ0v) is 21.1. The third-order valence-corrected chi connectivity index (χ3v) is 6.40. The SMILES string of the molecule is CN(CCNC(CCCOc1ccc2c(ccc(=O)n2C)c1)c1ccncc1)C(=O)c1ccccc1F. The Kier molecular flexibility index (Phi) is 8.64. The van der Waals surface area contributed by atoms with Gasteiger partial charge in [-0.3, -0.25) is 14.6 Å². The maximum atomic E-state index is 14.0. The molecule has 0 saturated heterocycles. The van der Waals surface area contributed by atoms with Crippen LogP contribution in [-0.4, -0.2) is 47.1 Å². The zero-order chi connectivity index (χ0) is 26.2. The van der Waals surface area contributed by atoms with E-state index in [9.17, 15) is 14.0 Å². The van der Waals surface area contributed by atoms with Crippen LogP contribution in [-0.2, 0) is 7.05 Å². The van der Waals surface area contributed by atoms with Gasteiger partial charge < -0.3 is 19.5 Å². The van der Waals surface area contributed by atoms with Crippen LogP contribution in [0.2, 0.25) is 0 Å². The van der Waals surface area contributed by atoms with Gasteiger partial charge in [0.1, 0.15) is 11.6 Å². The maximum Gasteiger partial charge on any atom is 0.256 e. The number of nitrogens with one attached hydrogen (secondary N) is 1. The minimum Gasteiger partial charge on any atom is -0.494 e. The van der Waals surface area contributed by atoms with Crippen LogP contribution in [0.15, 0.2) is 83.9 Å². The monoisotopic (exact) mass is 502 g/mol. The lowest BCUT2D eigenvalue weighted by Gasteiger charge is -2.22. The minimum atomic E-state index is -0.516. The first-order chi connectivity index (χ1) is 17.9. The van der Waals surface area contributed by atoms with Crippen LogP contribution in [0.25, 0.3) is 10.9 Å². The smallest absolute Gasteiger partial charge is 0.256 e. The first-order valence-electron chi connectivity index (χ1n) is 12.3. The molecular weight excluding hydrogens is 471 g/mol. The van der Waals surface area contributed by atoms with E-state index in [0.29, 0.717) is 19.7 Å². The largest absolute Gasteiger partial charge is 0.494 e. The predicted molar refractivity (Wildman–Crippen MR) is 142 cm³/mol. The first-order valence-corrected chi connectivity index (χ1v) is 12.3. The van der Waals surface area contributed by atoms with Gasteiger partial charge in [0.05, 0.1) is 17.7 Å². The third-order valence-electron chi connectivity index (χ3n) is 6.40. The van der Waals surface area contributed by atoms with Crippen LogP contribution in [0.1, 0.15) is 34.8 Å². The third kappa shape index (κ3) is 6.59. The number of fused-ring (bicyclic) bond motifs is 1. The van der Waals surface area contributed by atoms with E-state index in [1.54, 1.807) is 49.3 Å². The fourth-order valence-corrected chi connectivity index (χ4v) is 4.26. The molecule has 4 rings (SSSR count). The molecule has 192 valence electrons. The molecule has 0 saturated carbocycles. The van der Waals surface area contributed by atoms with Crippen molar-refractivity contribution in [1.29, 1.82) is 0 Å². The van der Waals surface area contributed by atoms with Crippen LogP contribution >= 0.6 is 0 Å². The fraction of sp³-hybridized carbons (Fsp3) is 0.276. The first kappa shape index (κ1) is 26.0. The molecule has 0 fully saturated rings. The van der Waals surface area contributed by atoms with Gasteiger partial charge in [0.25, 0.3) is 11.5 Å².